The topological polar surface area (TPSA) is 67.9 Å². The predicted molar refractivity (Wildman–Crippen MR) is 127 cm³/mol. The van der Waals surface area contributed by atoms with Crippen LogP contribution in [0.1, 0.15) is 44.7 Å². The molecule has 1 N–H and O–H groups in total. The lowest BCUT2D eigenvalue weighted by Crippen LogP contribution is -2.48. The molecular formula is C26H36N2O4. The van der Waals surface area contributed by atoms with E-state index < -0.39 is 6.04 Å². The number of nitrogens with zero attached hydrogens (tertiary/aromatic N) is 1. The van der Waals surface area contributed by atoms with Crippen LogP contribution in [0.25, 0.3) is 0 Å². The summed E-state index contributed by atoms with van der Waals surface area (Å²) in [6.07, 6.45) is 0.874. The lowest BCUT2D eigenvalue weighted by molar-refractivity contribution is -0.140. The van der Waals surface area contributed by atoms with Gasteiger partial charge in [0.1, 0.15) is 17.5 Å². The van der Waals surface area contributed by atoms with Gasteiger partial charge in [0.05, 0.1) is 13.7 Å². The normalized spacial score (nSPS) is 11.7. The third kappa shape index (κ3) is 8.25. The molecule has 0 spiro atoms. The molecule has 0 aliphatic carbocycles. The van der Waals surface area contributed by atoms with Gasteiger partial charge < -0.3 is 19.7 Å². The zero-order valence-corrected chi connectivity index (χ0v) is 19.9. The van der Waals surface area contributed by atoms with Crippen LogP contribution in [-0.4, -0.2) is 43.0 Å². The predicted octanol–water partition coefficient (Wildman–Crippen LogP) is 4.35. The summed E-state index contributed by atoms with van der Waals surface area (Å²) in [5, 5.41) is 2.94. The Morgan fingerprint density at radius 1 is 1.03 bits per heavy atom. The Balaban J connectivity index is 2.01. The summed E-state index contributed by atoms with van der Waals surface area (Å²) < 4.78 is 11.0. The van der Waals surface area contributed by atoms with Crippen LogP contribution >= 0.6 is 0 Å². The van der Waals surface area contributed by atoms with Gasteiger partial charge in [-0.1, -0.05) is 43.7 Å². The van der Waals surface area contributed by atoms with Gasteiger partial charge in [0, 0.05) is 19.5 Å². The van der Waals surface area contributed by atoms with E-state index in [2.05, 4.69) is 5.32 Å². The monoisotopic (exact) mass is 440 g/mol. The number of hydrogen-bond acceptors (Lipinski definition) is 4. The summed E-state index contributed by atoms with van der Waals surface area (Å²) in [6, 6.07) is 14.8. The zero-order valence-electron chi connectivity index (χ0n) is 19.9. The maximum absolute atomic E-state index is 13.1. The summed E-state index contributed by atoms with van der Waals surface area (Å²) in [5.74, 6) is 1.63. The van der Waals surface area contributed by atoms with Gasteiger partial charge in [0.15, 0.2) is 0 Å². The van der Waals surface area contributed by atoms with E-state index in [4.69, 9.17) is 9.47 Å². The van der Waals surface area contributed by atoms with Crippen molar-refractivity contribution in [3.8, 4) is 11.5 Å². The lowest BCUT2D eigenvalue weighted by Gasteiger charge is -2.29. The number of nitrogens with one attached hydrogen (secondary N) is 1. The number of hydrogen-bond donors (Lipinski definition) is 1. The number of amides is 2. The van der Waals surface area contributed by atoms with E-state index in [0.717, 1.165) is 17.1 Å². The molecule has 0 saturated heterocycles. The number of benzene rings is 2. The highest BCUT2D eigenvalue weighted by atomic mass is 16.5. The van der Waals surface area contributed by atoms with E-state index in [-0.39, 0.29) is 11.8 Å². The number of methoxy groups -OCH3 is 1. The Bertz CT molecular complexity index is 864. The molecule has 0 fully saturated rings. The summed E-state index contributed by atoms with van der Waals surface area (Å²) in [7, 11) is 1.61. The van der Waals surface area contributed by atoms with Crippen molar-refractivity contribution in [2.75, 3.05) is 20.3 Å². The lowest BCUT2D eigenvalue weighted by atomic mass is 10.1. The van der Waals surface area contributed by atoms with Crippen molar-refractivity contribution in [1.82, 2.24) is 10.2 Å². The van der Waals surface area contributed by atoms with E-state index in [0.29, 0.717) is 38.5 Å². The van der Waals surface area contributed by atoms with Gasteiger partial charge in [-0.15, -0.1) is 0 Å². The Hall–Kier alpha value is -3.02. The molecule has 0 aliphatic rings. The van der Waals surface area contributed by atoms with Crippen molar-refractivity contribution in [3.05, 3.63) is 59.7 Å². The van der Waals surface area contributed by atoms with Crippen LogP contribution in [0.2, 0.25) is 0 Å². The van der Waals surface area contributed by atoms with Gasteiger partial charge in [0.25, 0.3) is 0 Å². The second-order valence-corrected chi connectivity index (χ2v) is 8.45. The molecule has 0 heterocycles. The Labute approximate surface area is 191 Å². The highest BCUT2D eigenvalue weighted by Gasteiger charge is 2.26. The molecule has 2 rings (SSSR count). The van der Waals surface area contributed by atoms with Crippen LogP contribution in [0.3, 0.4) is 0 Å². The molecular weight excluding hydrogens is 404 g/mol. The maximum atomic E-state index is 13.1. The van der Waals surface area contributed by atoms with Crippen LogP contribution in [0.4, 0.5) is 0 Å². The second-order valence-electron chi connectivity index (χ2n) is 8.45. The number of carbonyl (C=O) groups is 2. The quantitative estimate of drug-likeness (QED) is 0.498. The SMILES string of the molecule is COc1cccc(CN(C(=O)CCCOc2ccc(C)cc2)[C@@H](C)C(=O)NCC(C)C)c1. The van der Waals surface area contributed by atoms with Crippen molar-refractivity contribution >= 4 is 11.8 Å². The first-order valence-corrected chi connectivity index (χ1v) is 11.2. The van der Waals surface area contributed by atoms with Crippen molar-refractivity contribution in [2.24, 2.45) is 5.92 Å². The fraction of sp³-hybridized carbons (Fsp3) is 0.462. The van der Waals surface area contributed by atoms with Gasteiger partial charge in [-0.3, -0.25) is 9.59 Å². The van der Waals surface area contributed by atoms with Gasteiger partial charge in [-0.05, 0) is 56.0 Å². The van der Waals surface area contributed by atoms with E-state index in [1.165, 1.54) is 5.56 Å². The van der Waals surface area contributed by atoms with Crippen LogP contribution in [0.15, 0.2) is 48.5 Å². The van der Waals surface area contributed by atoms with E-state index in [1.807, 2.05) is 69.3 Å². The Morgan fingerprint density at radius 3 is 2.41 bits per heavy atom. The average Bonchev–Trinajstić information content (AvgIpc) is 2.79. The van der Waals surface area contributed by atoms with Crippen LogP contribution in [-0.2, 0) is 16.1 Å². The summed E-state index contributed by atoms with van der Waals surface area (Å²) >= 11 is 0. The highest BCUT2D eigenvalue weighted by Crippen LogP contribution is 2.17. The van der Waals surface area contributed by atoms with Crippen molar-refractivity contribution < 1.29 is 19.1 Å². The third-order valence-electron chi connectivity index (χ3n) is 5.16. The molecule has 0 unspecified atom stereocenters. The molecule has 2 aromatic carbocycles. The molecule has 32 heavy (non-hydrogen) atoms. The molecule has 6 nitrogen and oxygen atoms in total. The molecule has 6 heteroatoms. The third-order valence-corrected chi connectivity index (χ3v) is 5.16. The van der Waals surface area contributed by atoms with Crippen LogP contribution in [0.5, 0.6) is 11.5 Å². The molecule has 0 saturated carbocycles. The van der Waals surface area contributed by atoms with Crippen molar-refractivity contribution in [2.45, 2.75) is 53.1 Å². The van der Waals surface area contributed by atoms with E-state index >= 15 is 0 Å². The molecule has 0 radical (unpaired) electrons. The molecule has 2 aromatic rings. The number of carbonyl (C=O) groups excluding carboxylic acids is 2. The number of rotatable bonds is 12. The smallest absolute Gasteiger partial charge is 0.242 e. The average molecular weight is 441 g/mol. The highest BCUT2D eigenvalue weighted by molar-refractivity contribution is 5.87. The standard InChI is InChI=1S/C26H36N2O4/c1-19(2)17-27-26(30)21(4)28(18-22-8-6-9-24(16-22)31-5)25(29)10-7-15-32-23-13-11-20(3)12-14-23/h6,8-9,11-14,16,19,21H,7,10,15,17-18H2,1-5H3,(H,27,30)/t21-/m0/s1. The van der Waals surface area contributed by atoms with Gasteiger partial charge >= 0.3 is 0 Å². The van der Waals surface area contributed by atoms with Crippen LogP contribution < -0.4 is 14.8 Å². The van der Waals surface area contributed by atoms with E-state index in [9.17, 15) is 9.59 Å². The molecule has 0 bridgehead atoms. The largest absolute Gasteiger partial charge is 0.497 e. The van der Waals surface area contributed by atoms with Gasteiger partial charge in [-0.25, -0.2) is 0 Å². The fourth-order valence-electron chi connectivity index (χ4n) is 3.19. The second kappa shape index (κ2) is 12.7. The maximum Gasteiger partial charge on any atom is 0.242 e. The molecule has 0 aromatic heterocycles. The Morgan fingerprint density at radius 2 is 1.75 bits per heavy atom. The molecule has 174 valence electrons. The summed E-state index contributed by atoms with van der Waals surface area (Å²) in [6.45, 7) is 9.24. The van der Waals surface area contributed by atoms with Crippen molar-refractivity contribution in [1.29, 1.82) is 0 Å². The van der Waals surface area contributed by atoms with Crippen LogP contribution in [0, 0.1) is 12.8 Å². The first kappa shape index (κ1) is 25.2. The van der Waals surface area contributed by atoms with E-state index in [1.54, 1.807) is 18.9 Å². The van der Waals surface area contributed by atoms with Gasteiger partial charge in [0.2, 0.25) is 11.8 Å². The molecule has 1 atom stereocenters. The Kier molecular flexibility index (Phi) is 10.1. The minimum atomic E-state index is -0.578. The zero-order chi connectivity index (χ0) is 23.5. The number of aryl methyl sites for hydroxylation is 1. The fourth-order valence-corrected chi connectivity index (χ4v) is 3.19. The number of ether oxygens (including phenoxy) is 2. The first-order chi connectivity index (χ1) is 15.3. The molecule has 2 amide bonds. The summed E-state index contributed by atoms with van der Waals surface area (Å²) in [4.78, 5) is 27.4. The van der Waals surface area contributed by atoms with Crippen molar-refractivity contribution in [3.63, 3.8) is 0 Å². The molecule has 0 aliphatic heterocycles. The first-order valence-electron chi connectivity index (χ1n) is 11.2. The minimum Gasteiger partial charge on any atom is -0.497 e. The minimum absolute atomic E-state index is 0.0764. The van der Waals surface area contributed by atoms with Gasteiger partial charge in [-0.2, -0.15) is 0 Å². The summed E-state index contributed by atoms with van der Waals surface area (Å²) in [5.41, 5.74) is 2.09.